The van der Waals surface area contributed by atoms with E-state index in [0.717, 1.165) is 19.3 Å². The monoisotopic (exact) mass is 394 g/mol. The average Bonchev–Trinajstić information content (AvgIpc) is 2.73. The van der Waals surface area contributed by atoms with Crippen molar-refractivity contribution in [2.75, 3.05) is 19.6 Å². The van der Waals surface area contributed by atoms with Crippen LogP contribution >= 0.6 is 0 Å². The molecule has 4 atom stereocenters. The third kappa shape index (κ3) is 3.71. The summed E-state index contributed by atoms with van der Waals surface area (Å²) in [4.78, 5) is 41.3. The molecule has 3 aliphatic heterocycles. The lowest BCUT2D eigenvalue weighted by atomic mass is 9.72. The number of benzene rings is 1. The van der Waals surface area contributed by atoms with Crippen LogP contribution in [0.1, 0.15) is 48.5 Å². The molecule has 3 fully saturated rings. The van der Waals surface area contributed by atoms with E-state index >= 15 is 0 Å². The number of nitrogens with zero attached hydrogens (tertiary/aromatic N) is 3. The van der Waals surface area contributed by atoms with E-state index in [-0.39, 0.29) is 41.6 Å². The number of carbonyl (C=O) groups is 3. The minimum Gasteiger partial charge on any atom is -0.354 e. The molecule has 1 aromatic rings. The van der Waals surface area contributed by atoms with Crippen molar-refractivity contribution in [1.29, 1.82) is 5.26 Å². The van der Waals surface area contributed by atoms with E-state index in [9.17, 15) is 14.4 Å². The lowest BCUT2D eigenvalue weighted by molar-refractivity contribution is -0.151. The Morgan fingerprint density at radius 2 is 1.93 bits per heavy atom. The molecular formula is C22H26N4O3. The summed E-state index contributed by atoms with van der Waals surface area (Å²) in [5.74, 6) is 0.473. The summed E-state index contributed by atoms with van der Waals surface area (Å²) in [6, 6.07) is 8.89. The molecule has 0 aliphatic carbocycles. The van der Waals surface area contributed by atoms with Crippen LogP contribution in [0.2, 0.25) is 0 Å². The van der Waals surface area contributed by atoms with Crippen molar-refractivity contribution in [3.05, 3.63) is 35.4 Å². The van der Waals surface area contributed by atoms with E-state index in [2.05, 4.69) is 11.4 Å². The van der Waals surface area contributed by atoms with Gasteiger partial charge in [-0.1, -0.05) is 0 Å². The summed E-state index contributed by atoms with van der Waals surface area (Å²) < 4.78 is 0. The summed E-state index contributed by atoms with van der Waals surface area (Å²) in [5, 5.41) is 11.9. The highest BCUT2D eigenvalue weighted by Gasteiger charge is 2.50. The van der Waals surface area contributed by atoms with Crippen molar-refractivity contribution >= 4 is 17.7 Å². The van der Waals surface area contributed by atoms with Crippen LogP contribution < -0.4 is 5.32 Å². The molecule has 0 saturated carbocycles. The van der Waals surface area contributed by atoms with Crippen molar-refractivity contribution in [1.82, 2.24) is 15.1 Å². The predicted molar refractivity (Wildman–Crippen MR) is 106 cm³/mol. The topological polar surface area (TPSA) is 93.5 Å². The molecule has 1 N–H and O–H groups in total. The van der Waals surface area contributed by atoms with Crippen LogP contribution in [0, 0.1) is 23.2 Å². The van der Waals surface area contributed by atoms with Crippen LogP contribution in [-0.4, -0.2) is 59.2 Å². The molecule has 29 heavy (non-hydrogen) atoms. The SMILES string of the molecule is CC(=O)NC[C@H]1[C@H]2C[C@H](CN(C(=O)c3ccc(C#N)cc3)C2)[C@@H]2CCCC(=O)N21. The Bertz CT molecular complexity index is 860. The van der Waals surface area contributed by atoms with Crippen LogP contribution in [-0.2, 0) is 9.59 Å². The largest absolute Gasteiger partial charge is 0.354 e. The predicted octanol–water partition coefficient (Wildman–Crippen LogP) is 1.54. The highest BCUT2D eigenvalue weighted by atomic mass is 16.2. The minimum absolute atomic E-state index is 0.0296. The summed E-state index contributed by atoms with van der Waals surface area (Å²) in [7, 11) is 0. The Hall–Kier alpha value is -2.88. The lowest BCUT2D eigenvalue weighted by Crippen LogP contribution is -2.67. The van der Waals surface area contributed by atoms with Gasteiger partial charge in [0, 0.05) is 44.6 Å². The molecule has 7 heteroatoms. The number of carbonyl (C=O) groups excluding carboxylic acids is 3. The van der Waals surface area contributed by atoms with Gasteiger partial charge in [0.15, 0.2) is 0 Å². The van der Waals surface area contributed by atoms with Crippen molar-refractivity contribution in [3.63, 3.8) is 0 Å². The van der Waals surface area contributed by atoms with Gasteiger partial charge in [-0.25, -0.2) is 0 Å². The van der Waals surface area contributed by atoms with Gasteiger partial charge in [-0.2, -0.15) is 5.26 Å². The lowest BCUT2D eigenvalue weighted by Gasteiger charge is -2.56. The fourth-order valence-electron chi connectivity index (χ4n) is 5.32. The number of rotatable bonds is 3. The zero-order valence-corrected chi connectivity index (χ0v) is 16.6. The van der Waals surface area contributed by atoms with Crippen LogP contribution in [0.5, 0.6) is 0 Å². The molecule has 0 spiro atoms. The molecule has 7 nitrogen and oxygen atoms in total. The maximum Gasteiger partial charge on any atom is 0.253 e. The van der Waals surface area contributed by atoms with E-state index in [1.54, 1.807) is 24.3 Å². The van der Waals surface area contributed by atoms with Crippen molar-refractivity contribution < 1.29 is 14.4 Å². The Morgan fingerprint density at radius 1 is 1.21 bits per heavy atom. The van der Waals surface area contributed by atoms with Gasteiger partial charge < -0.3 is 15.1 Å². The third-order valence-corrected chi connectivity index (χ3v) is 6.61. The van der Waals surface area contributed by atoms with Crippen LogP contribution in [0.15, 0.2) is 24.3 Å². The number of fused-ring (bicyclic) bond motifs is 4. The molecule has 152 valence electrons. The summed E-state index contributed by atoms with van der Waals surface area (Å²) >= 11 is 0. The van der Waals surface area contributed by atoms with Gasteiger partial charge in [-0.3, -0.25) is 14.4 Å². The second-order valence-corrected chi connectivity index (χ2v) is 8.42. The Labute approximate surface area is 170 Å². The Morgan fingerprint density at radius 3 is 2.62 bits per heavy atom. The van der Waals surface area contributed by atoms with E-state index < -0.39 is 0 Å². The quantitative estimate of drug-likeness (QED) is 0.841. The first-order chi connectivity index (χ1) is 14.0. The molecule has 3 aliphatic rings. The van der Waals surface area contributed by atoms with Crippen molar-refractivity contribution in [2.24, 2.45) is 11.8 Å². The number of piperidine rings is 3. The minimum atomic E-state index is -0.102. The Balaban J connectivity index is 1.57. The van der Waals surface area contributed by atoms with E-state index in [1.165, 1.54) is 6.92 Å². The standard InChI is InChI=1S/C22H26N4O3/c1-14(27)24-11-20-18-9-17(19-3-2-4-21(28)26(19)20)12-25(13-18)22(29)16-7-5-15(10-23)6-8-16/h5-8,17-20H,2-4,9,11-13H2,1H3,(H,24,27)/t17-,18+,19+,20+/m1/s1. The second kappa shape index (κ2) is 7.86. The van der Waals surface area contributed by atoms with E-state index in [1.807, 2.05) is 9.80 Å². The van der Waals surface area contributed by atoms with Gasteiger partial charge >= 0.3 is 0 Å². The first-order valence-electron chi connectivity index (χ1n) is 10.3. The van der Waals surface area contributed by atoms with E-state index in [4.69, 9.17) is 5.26 Å². The van der Waals surface area contributed by atoms with Gasteiger partial charge in [0.05, 0.1) is 17.7 Å². The number of nitriles is 1. The molecule has 0 unspecified atom stereocenters. The van der Waals surface area contributed by atoms with E-state index in [0.29, 0.717) is 37.2 Å². The van der Waals surface area contributed by atoms with Gasteiger partial charge in [0.25, 0.3) is 5.91 Å². The van der Waals surface area contributed by atoms with Gasteiger partial charge in [-0.05, 0) is 55.4 Å². The highest BCUT2D eigenvalue weighted by Crippen LogP contribution is 2.41. The molecule has 3 saturated heterocycles. The molecule has 0 aromatic heterocycles. The van der Waals surface area contributed by atoms with Crippen molar-refractivity contribution in [3.8, 4) is 6.07 Å². The van der Waals surface area contributed by atoms with Crippen LogP contribution in [0.25, 0.3) is 0 Å². The fourth-order valence-corrected chi connectivity index (χ4v) is 5.32. The first-order valence-corrected chi connectivity index (χ1v) is 10.3. The number of hydrogen-bond donors (Lipinski definition) is 1. The summed E-state index contributed by atoms with van der Waals surface area (Å²) in [6.07, 6.45) is 3.40. The maximum absolute atomic E-state index is 13.1. The second-order valence-electron chi connectivity index (χ2n) is 8.42. The van der Waals surface area contributed by atoms with Crippen LogP contribution in [0.4, 0.5) is 0 Å². The zero-order chi connectivity index (χ0) is 20.5. The van der Waals surface area contributed by atoms with Crippen LogP contribution in [0.3, 0.4) is 0 Å². The summed E-state index contributed by atoms with van der Waals surface area (Å²) in [6.45, 7) is 3.16. The number of amides is 3. The molecule has 1 aromatic carbocycles. The Kier molecular flexibility index (Phi) is 5.27. The smallest absolute Gasteiger partial charge is 0.253 e. The maximum atomic E-state index is 13.1. The molecule has 0 radical (unpaired) electrons. The number of likely N-dealkylation sites (tertiary alicyclic amines) is 1. The van der Waals surface area contributed by atoms with Gasteiger partial charge in [0.2, 0.25) is 11.8 Å². The fraction of sp³-hybridized carbons (Fsp3) is 0.545. The average molecular weight is 394 g/mol. The van der Waals surface area contributed by atoms with Crippen molar-refractivity contribution in [2.45, 2.75) is 44.7 Å². The molecule has 3 amide bonds. The first kappa shape index (κ1) is 19.4. The van der Waals surface area contributed by atoms with Gasteiger partial charge in [-0.15, -0.1) is 0 Å². The highest BCUT2D eigenvalue weighted by molar-refractivity contribution is 5.94. The third-order valence-electron chi connectivity index (χ3n) is 6.61. The normalized spacial score (nSPS) is 28.3. The molecular weight excluding hydrogens is 368 g/mol. The molecule has 3 heterocycles. The zero-order valence-electron chi connectivity index (χ0n) is 16.6. The number of nitrogens with one attached hydrogen (secondary N) is 1. The summed E-state index contributed by atoms with van der Waals surface area (Å²) in [5.41, 5.74) is 1.11. The van der Waals surface area contributed by atoms with Gasteiger partial charge in [0.1, 0.15) is 0 Å². The molecule has 2 bridgehead atoms. The molecule has 4 rings (SSSR count). The number of hydrogen-bond acceptors (Lipinski definition) is 4.